The van der Waals surface area contributed by atoms with Crippen LogP contribution in [0.4, 0.5) is 4.39 Å². The first-order chi connectivity index (χ1) is 12.9. The minimum atomic E-state index is -0.656. The van der Waals surface area contributed by atoms with Gasteiger partial charge in [-0.25, -0.2) is 4.39 Å². The van der Waals surface area contributed by atoms with Gasteiger partial charge in [-0.05, 0) is 56.9 Å². The molecular formula is C20H28FN3O3. The molecule has 27 heavy (non-hydrogen) atoms. The minimum Gasteiger partial charge on any atom is -0.343 e. The first kappa shape index (κ1) is 20.9. The molecule has 1 N–H and O–H groups in total. The highest BCUT2D eigenvalue weighted by Crippen LogP contribution is 2.23. The zero-order chi connectivity index (χ0) is 20.0. The van der Waals surface area contributed by atoms with E-state index in [9.17, 15) is 18.8 Å². The van der Waals surface area contributed by atoms with Crippen LogP contribution in [0.3, 0.4) is 0 Å². The van der Waals surface area contributed by atoms with Gasteiger partial charge >= 0.3 is 0 Å². The van der Waals surface area contributed by atoms with Crippen LogP contribution >= 0.6 is 0 Å². The van der Waals surface area contributed by atoms with Crippen molar-refractivity contribution in [2.24, 2.45) is 5.92 Å². The lowest BCUT2D eigenvalue weighted by molar-refractivity contribution is -0.135. The number of hydrogen-bond acceptors (Lipinski definition) is 3. The third-order valence-corrected chi connectivity index (χ3v) is 5.19. The molecule has 0 saturated carbocycles. The van der Waals surface area contributed by atoms with E-state index in [1.165, 1.54) is 31.2 Å². The van der Waals surface area contributed by atoms with E-state index in [1.807, 2.05) is 13.8 Å². The average Bonchev–Trinajstić information content (AvgIpc) is 2.67. The summed E-state index contributed by atoms with van der Waals surface area (Å²) < 4.78 is 13.1. The van der Waals surface area contributed by atoms with E-state index in [1.54, 1.807) is 9.80 Å². The molecule has 0 bridgehead atoms. The number of hydrogen-bond donors (Lipinski definition) is 1. The third kappa shape index (κ3) is 5.28. The monoisotopic (exact) mass is 377 g/mol. The van der Waals surface area contributed by atoms with Gasteiger partial charge in [-0.15, -0.1) is 0 Å². The Labute approximate surface area is 159 Å². The molecule has 2 rings (SSSR count). The smallest absolute Gasteiger partial charge is 0.251 e. The van der Waals surface area contributed by atoms with Crippen LogP contribution in [0.2, 0.25) is 0 Å². The summed E-state index contributed by atoms with van der Waals surface area (Å²) in [5.41, 5.74) is 0.315. The molecule has 1 saturated heterocycles. The van der Waals surface area contributed by atoms with Crippen LogP contribution < -0.4 is 5.32 Å². The number of amides is 3. The summed E-state index contributed by atoms with van der Waals surface area (Å²) in [7, 11) is 0. The van der Waals surface area contributed by atoms with Gasteiger partial charge in [0, 0.05) is 38.7 Å². The number of rotatable bonds is 6. The molecule has 3 amide bonds. The molecule has 1 aliphatic rings. The Bertz CT molecular complexity index is 666. The summed E-state index contributed by atoms with van der Waals surface area (Å²) in [5.74, 6) is -0.946. The lowest BCUT2D eigenvalue weighted by Gasteiger charge is -2.37. The first-order valence-corrected chi connectivity index (χ1v) is 9.48. The zero-order valence-electron chi connectivity index (χ0n) is 16.2. The second-order valence-electron chi connectivity index (χ2n) is 6.81. The van der Waals surface area contributed by atoms with Gasteiger partial charge < -0.3 is 15.1 Å². The Balaban J connectivity index is 2.17. The molecule has 1 fully saturated rings. The van der Waals surface area contributed by atoms with Gasteiger partial charge in [0.1, 0.15) is 11.9 Å². The van der Waals surface area contributed by atoms with Gasteiger partial charge in [0.05, 0.1) is 0 Å². The zero-order valence-corrected chi connectivity index (χ0v) is 16.2. The van der Waals surface area contributed by atoms with Crippen molar-refractivity contribution in [2.75, 3.05) is 26.2 Å². The van der Waals surface area contributed by atoms with Gasteiger partial charge in [0.15, 0.2) is 0 Å². The second kappa shape index (κ2) is 9.48. The molecule has 1 atom stereocenters. The molecule has 0 spiro atoms. The number of piperidine rings is 1. The molecule has 0 aromatic heterocycles. The number of benzene rings is 1. The maximum Gasteiger partial charge on any atom is 0.251 e. The number of carbonyl (C=O) groups excluding carboxylic acids is 3. The van der Waals surface area contributed by atoms with Crippen LogP contribution in [0, 0.1) is 11.7 Å². The lowest BCUT2D eigenvalue weighted by Crippen LogP contribution is -2.54. The molecule has 1 aromatic rings. The maximum atomic E-state index is 13.1. The summed E-state index contributed by atoms with van der Waals surface area (Å²) in [6.07, 6.45) is 1.31. The molecule has 1 aliphatic heterocycles. The van der Waals surface area contributed by atoms with E-state index in [0.29, 0.717) is 44.6 Å². The van der Waals surface area contributed by atoms with Gasteiger partial charge in [0.2, 0.25) is 11.8 Å². The van der Waals surface area contributed by atoms with Crippen molar-refractivity contribution in [3.05, 3.63) is 35.6 Å². The molecule has 6 nitrogen and oxygen atoms in total. The molecule has 0 unspecified atom stereocenters. The molecule has 1 heterocycles. The fourth-order valence-electron chi connectivity index (χ4n) is 3.49. The van der Waals surface area contributed by atoms with E-state index in [4.69, 9.17) is 0 Å². The Morgan fingerprint density at radius 2 is 1.70 bits per heavy atom. The third-order valence-electron chi connectivity index (χ3n) is 5.19. The van der Waals surface area contributed by atoms with Crippen molar-refractivity contribution in [2.45, 2.75) is 39.7 Å². The maximum absolute atomic E-state index is 13.1. The standard InChI is InChI=1S/C20H28FN3O3/c1-4-23(5-2)20(27)18(15-10-12-24(13-11-15)14(3)25)22-19(26)16-6-8-17(21)9-7-16/h6-9,15,18H,4-5,10-13H2,1-3H3,(H,22,26)/t18-/m0/s1. The Morgan fingerprint density at radius 1 is 1.15 bits per heavy atom. The molecule has 7 heteroatoms. The average molecular weight is 377 g/mol. The van der Waals surface area contributed by atoms with Crippen LogP contribution in [-0.2, 0) is 9.59 Å². The van der Waals surface area contributed by atoms with Crippen LogP contribution in [0.5, 0.6) is 0 Å². The number of halogens is 1. The Kier molecular flexibility index (Phi) is 7.33. The van der Waals surface area contributed by atoms with Crippen molar-refractivity contribution in [3.8, 4) is 0 Å². The van der Waals surface area contributed by atoms with Gasteiger partial charge in [-0.3, -0.25) is 14.4 Å². The van der Waals surface area contributed by atoms with Crippen molar-refractivity contribution in [1.29, 1.82) is 0 Å². The Morgan fingerprint density at radius 3 is 2.19 bits per heavy atom. The molecule has 1 aromatic carbocycles. The number of likely N-dealkylation sites (tertiary alicyclic amines) is 1. The van der Waals surface area contributed by atoms with Gasteiger partial charge in [0.25, 0.3) is 5.91 Å². The predicted octanol–water partition coefficient (Wildman–Crippen LogP) is 2.05. The largest absolute Gasteiger partial charge is 0.343 e. The summed E-state index contributed by atoms with van der Waals surface area (Å²) in [4.78, 5) is 40.6. The van der Waals surface area contributed by atoms with Crippen molar-refractivity contribution in [1.82, 2.24) is 15.1 Å². The molecule has 148 valence electrons. The topological polar surface area (TPSA) is 69.7 Å². The number of likely N-dealkylation sites (N-methyl/N-ethyl adjacent to an activating group) is 1. The fraction of sp³-hybridized carbons (Fsp3) is 0.550. The van der Waals surface area contributed by atoms with Gasteiger partial charge in [-0.1, -0.05) is 0 Å². The highest BCUT2D eigenvalue weighted by Gasteiger charge is 2.35. The second-order valence-corrected chi connectivity index (χ2v) is 6.81. The van der Waals surface area contributed by atoms with Crippen LogP contribution in [0.25, 0.3) is 0 Å². The quantitative estimate of drug-likeness (QED) is 0.825. The van der Waals surface area contributed by atoms with E-state index in [0.717, 1.165) is 0 Å². The minimum absolute atomic E-state index is 0.0235. The first-order valence-electron chi connectivity index (χ1n) is 9.48. The normalized spacial score (nSPS) is 15.9. The predicted molar refractivity (Wildman–Crippen MR) is 101 cm³/mol. The molecular weight excluding hydrogens is 349 g/mol. The summed E-state index contributed by atoms with van der Waals surface area (Å²) in [6, 6.07) is 4.60. The summed E-state index contributed by atoms with van der Waals surface area (Å²) in [5, 5.41) is 2.86. The summed E-state index contributed by atoms with van der Waals surface area (Å²) >= 11 is 0. The van der Waals surface area contributed by atoms with Crippen molar-refractivity contribution in [3.63, 3.8) is 0 Å². The van der Waals surface area contributed by atoms with Gasteiger partial charge in [-0.2, -0.15) is 0 Å². The van der Waals surface area contributed by atoms with E-state index >= 15 is 0 Å². The van der Waals surface area contributed by atoms with Crippen molar-refractivity contribution >= 4 is 17.7 Å². The van der Waals surface area contributed by atoms with Crippen LogP contribution in [-0.4, -0.2) is 59.7 Å². The van der Waals surface area contributed by atoms with E-state index < -0.39 is 17.8 Å². The van der Waals surface area contributed by atoms with E-state index in [-0.39, 0.29) is 17.7 Å². The fourth-order valence-corrected chi connectivity index (χ4v) is 3.49. The van der Waals surface area contributed by atoms with Crippen molar-refractivity contribution < 1.29 is 18.8 Å². The number of nitrogens with one attached hydrogen (secondary N) is 1. The summed E-state index contributed by atoms with van der Waals surface area (Å²) in [6.45, 7) is 7.62. The molecule has 0 radical (unpaired) electrons. The van der Waals surface area contributed by atoms with Crippen LogP contribution in [0.1, 0.15) is 44.0 Å². The molecule has 0 aliphatic carbocycles. The number of nitrogens with zero attached hydrogens (tertiary/aromatic N) is 2. The van der Waals surface area contributed by atoms with Crippen LogP contribution in [0.15, 0.2) is 24.3 Å². The number of carbonyl (C=O) groups is 3. The lowest BCUT2D eigenvalue weighted by atomic mass is 9.88. The SMILES string of the molecule is CCN(CC)C(=O)[C@@H](NC(=O)c1ccc(F)cc1)C1CCN(C(C)=O)CC1. The van der Waals surface area contributed by atoms with E-state index in [2.05, 4.69) is 5.32 Å². The Hall–Kier alpha value is -2.44. The highest BCUT2D eigenvalue weighted by atomic mass is 19.1. The highest BCUT2D eigenvalue weighted by molar-refractivity contribution is 5.97.